The molecule has 1 amide bonds. The number of methoxy groups -OCH3 is 1. The fourth-order valence-corrected chi connectivity index (χ4v) is 4.92. The Labute approximate surface area is 187 Å². The molecule has 2 aliphatic rings. The molecule has 3 aromatic rings. The van der Waals surface area contributed by atoms with Crippen LogP contribution in [0.15, 0.2) is 36.4 Å². The average molecular weight is 439 g/mol. The van der Waals surface area contributed by atoms with Crippen LogP contribution in [0.4, 0.5) is 5.69 Å². The molecule has 2 fully saturated rings. The molecule has 31 heavy (non-hydrogen) atoms. The monoisotopic (exact) mass is 438 g/mol. The summed E-state index contributed by atoms with van der Waals surface area (Å²) in [5, 5.41) is 0.661. The van der Waals surface area contributed by atoms with Crippen molar-refractivity contribution in [1.29, 1.82) is 0 Å². The quantitative estimate of drug-likeness (QED) is 0.639. The number of nitrogens with one attached hydrogen (secondary N) is 1. The first-order chi connectivity index (χ1) is 15.1. The van der Waals surface area contributed by atoms with E-state index >= 15 is 0 Å². The topological polar surface area (TPSA) is 61.5 Å². The minimum absolute atomic E-state index is 0.159. The van der Waals surface area contributed by atoms with Crippen molar-refractivity contribution in [3.05, 3.63) is 41.4 Å². The number of fused-ring (bicyclic) bond motifs is 1. The van der Waals surface area contributed by atoms with Gasteiger partial charge in [0.05, 0.1) is 23.2 Å². The number of piperidine rings is 1. The molecule has 0 spiro atoms. The third-order valence-electron chi connectivity index (χ3n) is 6.52. The Kier molecular flexibility index (Phi) is 5.48. The van der Waals surface area contributed by atoms with E-state index < -0.39 is 0 Å². The zero-order chi connectivity index (χ0) is 21.4. The van der Waals surface area contributed by atoms with Crippen LogP contribution in [-0.2, 0) is 4.79 Å². The number of hydrogen-bond acceptors (Lipinski definition) is 4. The predicted molar refractivity (Wildman–Crippen MR) is 124 cm³/mol. The molecule has 3 heterocycles. The summed E-state index contributed by atoms with van der Waals surface area (Å²) in [6.45, 7) is 3.62. The van der Waals surface area contributed by atoms with Gasteiger partial charge in [-0.1, -0.05) is 11.6 Å². The van der Waals surface area contributed by atoms with Crippen molar-refractivity contribution in [1.82, 2.24) is 14.9 Å². The maximum absolute atomic E-state index is 12.7. The Morgan fingerprint density at radius 3 is 2.61 bits per heavy atom. The van der Waals surface area contributed by atoms with Crippen molar-refractivity contribution in [2.24, 2.45) is 5.92 Å². The molecule has 0 unspecified atom stereocenters. The van der Waals surface area contributed by atoms with Crippen molar-refractivity contribution >= 4 is 34.2 Å². The summed E-state index contributed by atoms with van der Waals surface area (Å²) >= 11 is 6.54. The number of imidazole rings is 1. The van der Waals surface area contributed by atoms with Gasteiger partial charge >= 0.3 is 0 Å². The normalized spacial score (nSPS) is 17.5. The van der Waals surface area contributed by atoms with Crippen LogP contribution < -0.4 is 9.64 Å². The van der Waals surface area contributed by atoms with Crippen molar-refractivity contribution in [2.45, 2.75) is 25.7 Å². The summed E-state index contributed by atoms with van der Waals surface area (Å²) < 4.78 is 5.30. The van der Waals surface area contributed by atoms with Crippen molar-refractivity contribution in [2.75, 3.05) is 38.2 Å². The lowest BCUT2D eigenvalue weighted by molar-refractivity contribution is -0.135. The Balaban J connectivity index is 1.34. The summed E-state index contributed by atoms with van der Waals surface area (Å²) in [5.74, 6) is 2.03. The van der Waals surface area contributed by atoms with Crippen LogP contribution in [0.2, 0.25) is 5.02 Å². The highest BCUT2D eigenvalue weighted by atomic mass is 35.5. The molecule has 162 valence electrons. The number of H-pyrrole nitrogens is 1. The van der Waals surface area contributed by atoms with Gasteiger partial charge in [0.1, 0.15) is 11.6 Å². The molecule has 2 aliphatic heterocycles. The number of ether oxygens (including phenoxy) is 1. The molecular formula is C24H27ClN4O2. The second-order valence-corrected chi connectivity index (χ2v) is 8.83. The molecule has 1 N–H and O–H groups in total. The van der Waals surface area contributed by atoms with Gasteiger partial charge in [0.25, 0.3) is 0 Å². The Morgan fingerprint density at radius 1 is 1.10 bits per heavy atom. The fourth-order valence-electron chi connectivity index (χ4n) is 4.71. The standard InChI is InChI=1S/C24H27ClN4O2/c1-31-18-5-7-21-22(15-18)27-23(26-21)19-14-17(4-6-20(19)25)28-12-8-16(9-13-28)24(30)29-10-2-3-11-29/h4-7,14-16H,2-3,8-13H2,1H3,(H,26,27). The lowest BCUT2D eigenvalue weighted by Gasteiger charge is -2.34. The van der Waals surface area contributed by atoms with E-state index in [2.05, 4.69) is 26.9 Å². The van der Waals surface area contributed by atoms with Crippen LogP contribution in [0.3, 0.4) is 0 Å². The molecule has 0 radical (unpaired) electrons. The minimum Gasteiger partial charge on any atom is -0.497 e. The predicted octanol–water partition coefficient (Wildman–Crippen LogP) is 4.73. The Bertz CT molecular complexity index is 1100. The first-order valence-electron chi connectivity index (χ1n) is 11.0. The summed E-state index contributed by atoms with van der Waals surface area (Å²) in [5.41, 5.74) is 3.78. The molecule has 0 aliphatic carbocycles. The van der Waals surface area contributed by atoms with E-state index in [4.69, 9.17) is 21.3 Å². The first kappa shape index (κ1) is 20.2. The van der Waals surface area contributed by atoms with Crippen LogP contribution in [0, 0.1) is 5.92 Å². The average Bonchev–Trinajstić information content (AvgIpc) is 3.48. The number of hydrogen-bond donors (Lipinski definition) is 1. The van der Waals surface area contributed by atoms with E-state index in [0.29, 0.717) is 10.9 Å². The minimum atomic E-state index is 0.159. The molecule has 1 aromatic heterocycles. The number of anilines is 1. The van der Waals surface area contributed by atoms with Gasteiger partial charge in [0.15, 0.2) is 0 Å². The maximum atomic E-state index is 12.7. The number of likely N-dealkylation sites (tertiary alicyclic amines) is 1. The van der Waals surface area contributed by atoms with E-state index in [1.807, 2.05) is 24.3 Å². The number of carbonyl (C=O) groups is 1. The van der Waals surface area contributed by atoms with Gasteiger partial charge in [-0.3, -0.25) is 4.79 Å². The largest absolute Gasteiger partial charge is 0.497 e. The number of halogens is 1. The zero-order valence-corrected chi connectivity index (χ0v) is 18.5. The van der Waals surface area contributed by atoms with Crippen molar-refractivity contribution < 1.29 is 9.53 Å². The number of aromatic nitrogens is 2. The van der Waals surface area contributed by atoms with Gasteiger partial charge in [-0.05, 0) is 56.0 Å². The number of benzene rings is 2. The number of amides is 1. The lowest BCUT2D eigenvalue weighted by Crippen LogP contribution is -2.41. The number of nitrogens with zero attached hydrogens (tertiary/aromatic N) is 3. The maximum Gasteiger partial charge on any atom is 0.225 e. The Hall–Kier alpha value is -2.73. The number of rotatable bonds is 4. The molecule has 5 rings (SSSR count). The molecule has 0 bridgehead atoms. The second kappa shape index (κ2) is 8.42. The summed E-state index contributed by atoms with van der Waals surface area (Å²) in [6.07, 6.45) is 4.09. The van der Waals surface area contributed by atoms with Crippen molar-refractivity contribution in [3.8, 4) is 17.1 Å². The van der Waals surface area contributed by atoms with Crippen LogP contribution >= 0.6 is 11.6 Å². The highest BCUT2D eigenvalue weighted by molar-refractivity contribution is 6.33. The summed E-state index contributed by atoms with van der Waals surface area (Å²) in [7, 11) is 1.65. The summed E-state index contributed by atoms with van der Waals surface area (Å²) in [4.78, 5) is 25.2. The number of aromatic amines is 1. The highest BCUT2D eigenvalue weighted by Gasteiger charge is 2.30. The lowest BCUT2D eigenvalue weighted by atomic mass is 9.95. The van der Waals surface area contributed by atoms with Crippen molar-refractivity contribution in [3.63, 3.8) is 0 Å². The highest BCUT2D eigenvalue weighted by Crippen LogP contribution is 2.34. The molecule has 2 saturated heterocycles. The van der Waals surface area contributed by atoms with E-state index in [9.17, 15) is 4.79 Å². The van der Waals surface area contributed by atoms with Crippen LogP contribution in [0.25, 0.3) is 22.4 Å². The molecule has 7 heteroatoms. The van der Waals surface area contributed by atoms with Crippen LogP contribution in [0.5, 0.6) is 5.75 Å². The van der Waals surface area contributed by atoms with E-state index in [0.717, 1.165) is 85.7 Å². The van der Waals surface area contributed by atoms with Gasteiger partial charge in [-0.25, -0.2) is 4.98 Å². The SMILES string of the molecule is COc1ccc2[nH]c(-c3cc(N4CCC(C(=O)N5CCCC5)CC4)ccc3Cl)nc2c1. The molecule has 6 nitrogen and oxygen atoms in total. The van der Waals surface area contributed by atoms with Gasteiger partial charge in [-0.2, -0.15) is 0 Å². The zero-order valence-electron chi connectivity index (χ0n) is 17.7. The second-order valence-electron chi connectivity index (χ2n) is 8.43. The van der Waals surface area contributed by atoms with Crippen LogP contribution in [0.1, 0.15) is 25.7 Å². The third-order valence-corrected chi connectivity index (χ3v) is 6.85. The molecule has 2 aromatic carbocycles. The summed E-state index contributed by atoms with van der Waals surface area (Å²) in [6, 6.07) is 11.9. The van der Waals surface area contributed by atoms with Gasteiger partial charge in [0.2, 0.25) is 5.91 Å². The smallest absolute Gasteiger partial charge is 0.225 e. The molecule has 0 atom stereocenters. The third kappa shape index (κ3) is 3.97. The number of carbonyl (C=O) groups excluding carboxylic acids is 1. The molecule has 0 saturated carbocycles. The Morgan fingerprint density at radius 2 is 1.87 bits per heavy atom. The molecular weight excluding hydrogens is 412 g/mol. The first-order valence-corrected chi connectivity index (χ1v) is 11.4. The fraction of sp³-hybridized carbons (Fsp3) is 0.417. The van der Waals surface area contributed by atoms with Crippen LogP contribution in [-0.4, -0.2) is 54.1 Å². The van der Waals surface area contributed by atoms with E-state index in [1.165, 1.54) is 0 Å². The van der Waals surface area contributed by atoms with Gasteiger partial charge in [0, 0.05) is 49.4 Å². The van der Waals surface area contributed by atoms with E-state index in [-0.39, 0.29) is 5.92 Å². The van der Waals surface area contributed by atoms with Gasteiger partial charge in [-0.15, -0.1) is 0 Å². The van der Waals surface area contributed by atoms with Gasteiger partial charge < -0.3 is 19.5 Å². The van der Waals surface area contributed by atoms with E-state index in [1.54, 1.807) is 7.11 Å².